The highest BCUT2D eigenvalue weighted by Gasteiger charge is 2.10. The van der Waals surface area contributed by atoms with Crippen molar-refractivity contribution < 1.29 is 9.59 Å². The van der Waals surface area contributed by atoms with E-state index in [9.17, 15) is 9.59 Å². The Balaban J connectivity index is 1.52. The summed E-state index contributed by atoms with van der Waals surface area (Å²) in [5.74, 6) is -0.268. The van der Waals surface area contributed by atoms with E-state index in [1.165, 1.54) is 0 Å². The molecule has 0 saturated heterocycles. The first kappa shape index (κ1) is 21.8. The van der Waals surface area contributed by atoms with E-state index in [1.54, 1.807) is 11.9 Å². The Labute approximate surface area is 182 Å². The van der Waals surface area contributed by atoms with Crippen molar-refractivity contribution in [2.24, 2.45) is 5.10 Å². The van der Waals surface area contributed by atoms with Crippen molar-refractivity contribution in [1.29, 1.82) is 0 Å². The third-order valence-corrected chi connectivity index (χ3v) is 4.62. The molecule has 3 aromatic carbocycles. The molecule has 0 unspecified atom stereocenters. The summed E-state index contributed by atoms with van der Waals surface area (Å²) in [5, 5.41) is 7.11. The first-order chi connectivity index (χ1) is 15.1. The molecule has 158 valence electrons. The Bertz CT molecular complexity index is 964. The van der Waals surface area contributed by atoms with E-state index in [4.69, 9.17) is 0 Å². The summed E-state index contributed by atoms with van der Waals surface area (Å²) in [6.07, 6.45) is 0.130. The van der Waals surface area contributed by atoms with Crippen LogP contribution >= 0.6 is 0 Å². The van der Waals surface area contributed by atoms with Crippen LogP contribution < -0.4 is 10.7 Å². The Hall–Kier alpha value is -3.93. The molecule has 0 aromatic heterocycles. The van der Waals surface area contributed by atoms with E-state index in [2.05, 4.69) is 15.8 Å². The van der Waals surface area contributed by atoms with Gasteiger partial charge in [0.1, 0.15) is 0 Å². The molecule has 0 radical (unpaired) electrons. The van der Waals surface area contributed by atoms with Gasteiger partial charge in [0.2, 0.25) is 5.91 Å². The van der Waals surface area contributed by atoms with Crippen molar-refractivity contribution in [1.82, 2.24) is 15.6 Å². The molecule has 0 saturated carbocycles. The molecule has 6 nitrogen and oxygen atoms in total. The molecule has 0 atom stereocenters. The van der Waals surface area contributed by atoms with Gasteiger partial charge in [0.15, 0.2) is 0 Å². The Morgan fingerprint density at radius 1 is 0.806 bits per heavy atom. The van der Waals surface area contributed by atoms with Crippen LogP contribution in [0.1, 0.15) is 23.1 Å². The predicted molar refractivity (Wildman–Crippen MR) is 123 cm³/mol. The largest absolute Gasteiger partial charge is 0.337 e. The van der Waals surface area contributed by atoms with Crippen molar-refractivity contribution in [3.63, 3.8) is 0 Å². The molecule has 0 aliphatic rings. The second-order valence-electron chi connectivity index (χ2n) is 7.05. The minimum atomic E-state index is -0.268. The summed E-state index contributed by atoms with van der Waals surface area (Å²) >= 11 is 0. The highest BCUT2D eigenvalue weighted by atomic mass is 16.2. The van der Waals surface area contributed by atoms with Crippen LogP contribution in [0.15, 0.2) is 96.1 Å². The first-order valence-electron chi connectivity index (χ1n) is 10.1. The number of urea groups is 1. The molecular formula is C25H26N4O2. The van der Waals surface area contributed by atoms with Crippen LogP contribution in [-0.2, 0) is 11.3 Å². The van der Waals surface area contributed by atoms with Crippen molar-refractivity contribution >= 4 is 17.6 Å². The van der Waals surface area contributed by atoms with Gasteiger partial charge in [-0.1, -0.05) is 91.0 Å². The lowest BCUT2D eigenvalue weighted by atomic mass is 10.0. The lowest BCUT2D eigenvalue weighted by Crippen LogP contribution is -2.38. The molecule has 0 fully saturated rings. The number of rotatable bonds is 8. The number of nitrogens with zero attached hydrogens (tertiary/aromatic N) is 2. The quantitative estimate of drug-likeness (QED) is 0.435. The zero-order chi connectivity index (χ0) is 21.9. The summed E-state index contributed by atoms with van der Waals surface area (Å²) in [5.41, 5.74) is 6.15. The van der Waals surface area contributed by atoms with Gasteiger partial charge in [-0.2, -0.15) is 5.10 Å². The van der Waals surface area contributed by atoms with E-state index >= 15 is 0 Å². The molecule has 0 heterocycles. The van der Waals surface area contributed by atoms with Gasteiger partial charge in [-0.3, -0.25) is 4.79 Å². The molecule has 3 rings (SSSR count). The van der Waals surface area contributed by atoms with Gasteiger partial charge in [0, 0.05) is 37.7 Å². The third-order valence-electron chi connectivity index (χ3n) is 4.62. The number of hydrazone groups is 1. The number of nitrogens with one attached hydrogen (secondary N) is 2. The average molecular weight is 415 g/mol. The van der Waals surface area contributed by atoms with Gasteiger partial charge in [-0.15, -0.1) is 0 Å². The molecule has 6 heteroatoms. The van der Waals surface area contributed by atoms with Crippen LogP contribution in [0.4, 0.5) is 4.79 Å². The normalized spacial score (nSPS) is 10.1. The van der Waals surface area contributed by atoms with Crippen molar-refractivity contribution in [2.45, 2.75) is 13.0 Å². The molecule has 0 spiro atoms. The predicted octanol–water partition coefficient (Wildman–Crippen LogP) is 3.79. The second kappa shape index (κ2) is 11.3. The minimum Gasteiger partial charge on any atom is -0.337 e. The van der Waals surface area contributed by atoms with E-state index in [-0.39, 0.29) is 24.9 Å². The maximum Gasteiger partial charge on any atom is 0.317 e. The molecule has 0 bridgehead atoms. The third kappa shape index (κ3) is 6.82. The summed E-state index contributed by atoms with van der Waals surface area (Å²) in [6.45, 7) is 0.728. The fourth-order valence-electron chi connectivity index (χ4n) is 3.01. The molecule has 0 aliphatic carbocycles. The monoisotopic (exact) mass is 414 g/mol. The van der Waals surface area contributed by atoms with Crippen molar-refractivity contribution in [3.8, 4) is 0 Å². The molecule has 3 aromatic rings. The van der Waals surface area contributed by atoms with Crippen LogP contribution in [0.5, 0.6) is 0 Å². The van der Waals surface area contributed by atoms with Crippen molar-refractivity contribution in [2.75, 3.05) is 13.6 Å². The molecule has 2 N–H and O–H groups in total. The highest BCUT2D eigenvalue weighted by Crippen LogP contribution is 2.10. The first-order valence-corrected chi connectivity index (χ1v) is 10.1. The van der Waals surface area contributed by atoms with Crippen LogP contribution in [0.2, 0.25) is 0 Å². The maximum absolute atomic E-state index is 12.3. The lowest BCUT2D eigenvalue weighted by molar-refractivity contribution is -0.120. The van der Waals surface area contributed by atoms with Gasteiger partial charge in [0.25, 0.3) is 0 Å². The summed E-state index contributed by atoms with van der Waals surface area (Å²) in [4.78, 5) is 26.1. The maximum atomic E-state index is 12.3. The smallest absolute Gasteiger partial charge is 0.317 e. The fourth-order valence-corrected chi connectivity index (χ4v) is 3.01. The topological polar surface area (TPSA) is 73.8 Å². The minimum absolute atomic E-state index is 0.130. The highest BCUT2D eigenvalue weighted by molar-refractivity contribution is 6.13. The lowest BCUT2D eigenvalue weighted by Gasteiger charge is -2.17. The van der Waals surface area contributed by atoms with Gasteiger partial charge >= 0.3 is 6.03 Å². The van der Waals surface area contributed by atoms with Gasteiger partial charge < -0.3 is 10.2 Å². The SMILES string of the molecule is CN(Cc1ccccc1)C(=O)NCCC(=O)NN=C(c1ccccc1)c1ccccc1. The molecular weight excluding hydrogens is 388 g/mol. The van der Waals surface area contributed by atoms with Gasteiger partial charge in [-0.25, -0.2) is 10.2 Å². The molecule has 31 heavy (non-hydrogen) atoms. The van der Waals surface area contributed by atoms with Crippen LogP contribution in [-0.4, -0.2) is 36.1 Å². The number of hydrogen-bond donors (Lipinski definition) is 2. The number of amides is 3. The number of benzene rings is 3. The van der Waals surface area contributed by atoms with E-state index < -0.39 is 0 Å². The van der Waals surface area contributed by atoms with E-state index in [0.29, 0.717) is 12.3 Å². The Morgan fingerprint density at radius 3 is 1.87 bits per heavy atom. The van der Waals surface area contributed by atoms with Crippen LogP contribution in [0.3, 0.4) is 0 Å². The number of carbonyl (C=O) groups excluding carboxylic acids is 2. The fraction of sp³-hybridized carbons (Fsp3) is 0.160. The Morgan fingerprint density at radius 2 is 1.32 bits per heavy atom. The van der Waals surface area contributed by atoms with Crippen LogP contribution in [0, 0.1) is 0 Å². The average Bonchev–Trinajstić information content (AvgIpc) is 2.81. The van der Waals surface area contributed by atoms with Crippen LogP contribution in [0.25, 0.3) is 0 Å². The van der Waals surface area contributed by atoms with E-state index in [1.807, 2.05) is 91.0 Å². The molecule has 3 amide bonds. The standard InChI is InChI=1S/C25H26N4O2/c1-29(19-20-11-5-2-6-12-20)25(31)26-18-17-23(30)27-28-24(21-13-7-3-8-14-21)22-15-9-4-10-16-22/h2-16H,17-19H2,1H3,(H,26,31)(H,27,30). The number of carbonyl (C=O) groups is 2. The molecule has 0 aliphatic heterocycles. The second-order valence-corrected chi connectivity index (χ2v) is 7.05. The van der Waals surface area contributed by atoms with Gasteiger partial charge in [0.05, 0.1) is 5.71 Å². The zero-order valence-electron chi connectivity index (χ0n) is 17.5. The summed E-state index contributed by atoms with van der Waals surface area (Å²) in [6, 6.07) is 28.9. The number of hydrogen-bond acceptors (Lipinski definition) is 3. The Kier molecular flexibility index (Phi) is 7.94. The van der Waals surface area contributed by atoms with E-state index in [0.717, 1.165) is 16.7 Å². The summed E-state index contributed by atoms with van der Waals surface area (Å²) < 4.78 is 0. The van der Waals surface area contributed by atoms with Gasteiger partial charge in [-0.05, 0) is 5.56 Å². The van der Waals surface area contributed by atoms with Crippen molar-refractivity contribution in [3.05, 3.63) is 108 Å². The zero-order valence-corrected chi connectivity index (χ0v) is 17.5. The summed E-state index contributed by atoms with van der Waals surface area (Å²) in [7, 11) is 1.72.